The SMILES string of the molecule is CC(Oc1cccc(C(=O)O)c1)C1CC1. The third-order valence-corrected chi connectivity index (χ3v) is 2.69. The fraction of sp³-hybridized carbons (Fsp3) is 0.417. The van der Waals surface area contributed by atoms with Crippen LogP contribution in [0.15, 0.2) is 24.3 Å². The normalized spacial score (nSPS) is 17.1. The summed E-state index contributed by atoms with van der Waals surface area (Å²) in [5, 5.41) is 8.81. The van der Waals surface area contributed by atoms with Gasteiger partial charge in [-0.25, -0.2) is 4.79 Å². The van der Waals surface area contributed by atoms with Crippen LogP contribution in [0.5, 0.6) is 5.75 Å². The standard InChI is InChI=1S/C12H14O3/c1-8(9-5-6-9)15-11-4-2-3-10(7-11)12(13)14/h2-4,7-9H,5-6H2,1H3,(H,13,14). The molecule has 0 aromatic heterocycles. The molecule has 1 fully saturated rings. The first kappa shape index (κ1) is 10.0. The summed E-state index contributed by atoms with van der Waals surface area (Å²) in [4.78, 5) is 10.7. The van der Waals surface area contributed by atoms with E-state index >= 15 is 0 Å². The first-order chi connectivity index (χ1) is 7.16. The van der Waals surface area contributed by atoms with Crippen LogP contribution in [0.4, 0.5) is 0 Å². The smallest absolute Gasteiger partial charge is 0.335 e. The van der Waals surface area contributed by atoms with Gasteiger partial charge >= 0.3 is 5.97 Å². The highest BCUT2D eigenvalue weighted by Crippen LogP contribution is 2.34. The highest BCUT2D eigenvalue weighted by atomic mass is 16.5. The van der Waals surface area contributed by atoms with Crippen molar-refractivity contribution in [3.05, 3.63) is 29.8 Å². The van der Waals surface area contributed by atoms with Crippen LogP contribution in [0.1, 0.15) is 30.1 Å². The fourth-order valence-electron chi connectivity index (χ4n) is 1.58. The molecule has 3 nitrogen and oxygen atoms in total. The van der Waals surface area contributed by atoms with E-state index in [0.717, 1.165) is 0 Å². The molecule has 0 heterocycles. The van der Waals surface area contributed by atoms with Crippen LogP contribution in [-0.2, 0) is 0 Å². The van der Waals surface area contributed by atoms with Crippen LogP contribution in [0.2, 0.25) is 0 Å². The molecule has 1 aliphatic rings. The van der Waals surface area contributed by atoms with Gasteiger partial charge in [-0.2, -0.15) is 0 Å². The molecule has 0 radical (unpaired) electrons. The summed E-state index contributed by atoms with van der Waals surface area (Å²) in [5.41, 5.74) is 0.274. The second-order valence-electron chi connectivity index (χ2n) is 3.99. The van der Waals surface area contributed by atoms with Crippen LogP contribution in [0.3, 0.4) is 0 Å². The van der Waals surface area contributed by atoms with Gasteiger partial charge in [0.05, 0.1) is 11.7 Å². The largest absolute Gasteiger partial charge is 0.490 e. The van der Waals surface area contributed by atoms with Gasteiger partial charge in [0.1, 0.15) is 5.75 Å². The number of carboxylic acid groups (broad SMARTS) is 1. The van der Waals surface area contributed by atoms with E-state index in [1.54, 1.807) is 24.3 Å². The van der Waals surface area contributed by atoms with Gasteiger partial charge in [0.2, 0.25) is 0 Å². The Morgan fingerprint density at radius 2 is 2.27 bits per heavy atom. The maximum absolute atomic E-state index is 10.7. The summed E-state index contributed by atoms with van der Waals surface area (Å²) in [5.74, 6) is 0.382. The van der Waals surface area contributed by atoms with E-state index in [0.29, 0.717) is 11.7 Å². The molecule has 0 amide bonds. The molecule has 1 aliphatic carbocycles. The lowest BCUT2D eigenvalue weighted by Gasteiger charge is -2.13. The number of benzene rings is 1. The minimum absolute atomic E-state index is 0.189. The van der Waals surface area contributed by atoms with Gasteiger partial charge in [0.25, 0.3) is 0 Å². The van der Waals surface area contributed by atoms with Crippen LogP contribution in [-0.4, -0.2) is 17.2 Å². The Labute approximate surface area is 88.7 Å². The molecule has 0 spiro atoms. The van der Waals surface area contributed by atoms with E-state index in [2.05, 4.69) is 0 Å². The molecule has 0 saturated heterocycles. The van der Waals surface area contributed by atoms with E-state index in [1.165, 1.54) is 12.8 Å². The van der Waals surface area contributed by atoms with Crippen molar-refractivity contribution in [3.8, 4) is 5.75 Å². The molecule has 1 N–H and O–H groups in total. The van der Waals surface area contributed by atoms with Gasteiger partial charge in [-0.05, 0) is 43.9 Å². The lowest BCUT2D eigenvalue weighted by atomic mass is 10.2. The average molecular weight is 206 g/mol. The zero-order valence-corrected chi connectivity index (χ0v) is 8.64. The average Bonchev–Trinajstić information content (AvgIpc) is 3.01. The van der Waals surface area contributed by atoms with Crippen molar-refractivity contribution in [3.63, 3.8) is 0 Å². The molecular weight excluding hydrogens is 192 g/mol. The predicted octanol–water partition coefficient (Wildman–Crippen LogP) is 2.56. The molecule has 1 atom stereocenters. The van der Waals surface area contributed by atoms with Crippen molar-refractivity contribution in [2.45, 2.75) is 25.9 Å². The predicted molar refractivity (Wildman–Crippen MR) is 56.2 cm³/mol. The molecule has 15 heavy (non-hydrogen) atoms. The van der Waals surface area contributed by atoms with Crippen LogP contribution < -0.4 is 4.74 Å². The topological polar surface area (TPSA) is 46.5 Å². The Morgan fingerprint density at radius 1 is 1.53 bits per heavy atom. The second-order valence-corrected chi connectivity index (χ2v) is 3.99. The number of hydrogen-bond donors (Lipinski definition) is 1. The van der Waals surface area contributed by atoms with E-state index in [-0.39, 0.29) is 11.7 Å². The highest BCUT2D eigenvalue weighted by molar-refractivity contribution is 5.87. The monoisotopic (exact) mass is 206 g/mol. The molecule has 2 rings (SSSR count). The minimum Gasteiger partial charge on any atom is -0.490 e. The summed E-state index contributed by atoms with van der Waals surface area (Å²) in [6, 6.07) is 6.64. The number of carbonyl (C=O) groups is 1. The fourth-order valence-corrected chi connectivity index (χ4v) is 1.58. The minimum atomic E-state index is -0.917. The summed E-state index contributed by atoms with van der Waals surface area (Å²) in [6.07, 6.45) is 2.63. The zero-order chi connectivity index (χ0) is 10.8. The molecule has 0 bridgehead atoms. The first-order valence-corrected chi connectivity index (χ1v) is 5.17. The Kier molecular flexibility index (Phi) is 2.62. The lowest BCUT2D eigenvalue weighted by Crippen LogP contribution is -2.14. The maximum atomic E-state index is 10.7. The highest BCUT2D eigenvalue weighted by Gasteiger charge is 2.29. The van der Waals surface area contributed by atoms with Crippen molar-refractivity contribution < 1.29 is 14.6 Å². The van der Waals surface area contributed by atoms with Gasteiger partial charge in [0, 0.05) is 0 Å². The molecule has 1 aromatic rings. The summed E-state index contributed by atoms with van der Waals surface area (Å²) >= 11 is 0. The summed E-state index contributed by atoms with van der Waals surface area (Å²) in [6.45, 7) is 2.03. The first-order valence-electron chi connectivity index (χ1n) is 5.17. The quantitative estimate of drug-likeness (QED) is 0.823. The van der Waals surface area contributed by atoms with Crippen molar-refractivity contribution >= 4 is 5.97 Å². The zero-order valence-electron chi connectivity index (χ0n) is 8.64. The van der Waals surface area contributed by atoms with E-state index < -0.39 is 5.97 Å². The molecule has 0 aliphatic heterocycles. The van der Waals surface area contributed by atoms with Gasteiger partial charge < -0.3 is 9.84 Å². The van der Waals surface area contributed by atoms with Gasteiger partial charge in [-0.3, -0.25) is 0 Å². The second kappa shape index (κ2) is 3.93. The number of ether oxygens (including phenoxy) is 1. The summed E-state index contributed by atoms with van der Waals surface area (Å²) < 4.78 is 5.67. The third-order valence-electron chi connectivity index (χ3n) is 2.69. The number of aromatic carboxylic acids is 1. The molecule has 3 heteroatoms. The third kappa shape index (κ3) is 2.49. The molecular formula is C12H14O3. The Hall–Kier alpha value is -1.51. The molecule has 80 valence electrons. The Bertz CT molecular complexity index is 369. The lowest BCUT2D eigenvalue weighted by molar-refractivity contribution is 0.0696. The van der Waals surface area contributed by atoms with Crippen LogP contribution in [0.25, 0.3) is 0 Å². The van der Waals surface area contributed by atoms with Crippen LogP contribution in [0, 0.1) is 5.92 Å². The van der Waals surface area contributed by atoms with Gasteiger partial charge in [0.15, 0.2) is 0 Å². The van der Waals surface area contributed by atoms with E-state index in [1.807, 2.05) is 6.92 Å². The summed E-state index contributed by atoms with van der Waals surface area (Å²) in [7, 11) is 0. The van der Waals surface area contributed by atoms with E-state index in [4.69, 9.17) is 9.84 Å². The van der Waals surface area contributed by atoms with Crippen molar-refractivity contribution in [2.24, 2.45) is 5.92 Å². The van der Waals surface area contributed by atoms with Crippen molar-refractivity contribution in [1.29, 1.82) is 0 Å². The Morgan fingerprint density at radius 3 is 2.87 bits per heavy atom. The molecule has 1 saturated carbocycles. The molecule has 1 unspecified atom stereocenters. The Balaban J connectivity index is 2.07. The van der Waals surface area contributed by atoms with Gasteiger partial charge in [-0.1, -0.05) is 6.07 Å². The van der Waals surface area contributed by atoms with Gasteiger partial charge in [-0.15, -0.1) is 0 Å². The number of hydrogen-bond acceptors (Lipinski definition) is 2. The molecule has 1 aromatic carbocycles. The van der Waals surface area contributed by atoms with E-state index in [9.17, 15) is 4.79 Å². The number of rotatable bonds is 4. The maximum Gasteiger partial charge on any atom is 0.335 e. The number of carboxylic acids is 1. The van der Waals surface area contributed by atoms with Crippen LogP contribution >= 0.6 is 0 Å². The van der Waals surface area contributed by atoms with Crippen molar-refractivity contribution in [1.82, 2.24) is 0 Å². The van der Waals surface area contributed by atoms with Crippen molar-refractivity contribution in [2.75, 3.05) is 0 Å².